The van der Waals surface area contributed by atoms with E-state index in [0.29, 0.717) is 16.4 Å². The monoisotopic (exact) mass is 396 g/mol. The van der Waals surface area contributed by atoms with E-state index >= 15 is 0 Å². The van der Waals surface area contributed by atoms with Gasteiger partial charge in [-0.15, -0.1) is 11.3 Å². The summed E-state index contributed by atoms with van der Waals surface area (Å²) in [5, 5.41) is 9.35. The number of hydrogen-bond acceptors (Lipinski definition) is 5. The van der Waals surface area contributed by atoms with Crippen LogP contribution in [0.4, 0.5) is 5.69 Å². The first-order chi connectivity index (χ1) is 13.0. The number of nitrogens with one attached hydrogen (secondary N) is 1. The molecule has 0 amide bonds. The van der Waals surface area contributed by atoms with E-state index in [1.807, 2.05) is 31.2 Å². The van der Waals surface area contributed by atoms with Crippen molar-refractivity contribution >= 4 is 33.1 Å². The van der Waals surface area contributed by atoms with Crippen molar-refractivity contribution in [1.82, 2.24) is 0 Å². The van der Waals surface area contributed by atoms with Crippen LogP contribution in [0.25, 0.3) is 6.08 Å². The van der Waals surface area contributed by atoms with E-state index in [-0.39, 0.29) is 10.6 Å². The Balaban J connectivity index is 1.89. The number of allylic oxidation sites excluding steroid dienone is 1. The average molecular weight is 396 g/mol. The first-order valence-electron chi connectivity index (χ1n) is 8.01. The van der Waals surface area contributed by atoms with Gasteiger partial charge in [-0.25, -0.2) is 8.42 Å². The molecular weight excluding hydrogens is 380 g/mol. The van der Waals surface area contributed by atoms with Crippen LogP contribution in [0.3, 0.4) is 0 Å². The molecular formula is C20H16N2O3S2. The third-order valence-corrected chi connectivity index (χ3v) is 5.76. The molecule has 0 saturated heterocycles. The molecule has 0 saturated carbocycles. The van der Waals surface area contributed by atoms with E-state index in [1.54, 1.807) is 48.5 Å². The Morgan fingerprint density at radius 2 is 1.78 bits per heavy atom. The van der Waals surface area contributed by atoms with Crippen LogP contribution in [0.15, 0.2) is 71.6 Å². The highest BCUT2D eigenvalue weighted by Crippen LogP contribution is 2.31. The Morgan fingerprint density at radius 1 is 1.07 bits per heavy atom. The number of benzene rings is 2. The molecule has 2 aromatic carbocycles. The minimum absolute atomic E-state index is 0.255. The van der Waals surface area contributed by atoms with Crippen LogP contribution in [-0.2, 0) is 10.0 Å². The number of para-hydroxylation sites is 3. The summed E-state index contributed by atoms with van der Waals surface area (Å²) < 4.78 is 33.6. The molecule has 0 aliphatic carbocycles. The quantitative estimate of drug-likeness (QED) is 0.584. The molecule has 27 heavy (non-hydrogen) atoms. The van der Waals surface area contributed by atoms with Gasteiger partial charge in [0.1, 0.15) is 11.8 Å². The van der Waals surface area contributed by atoms with Gasteiger partial charge in [-0.1, -0.05) is 30.3 Å². The van der Waals surface area contributed by atoms with Gasteiger partial charge in [-0.3, -0.25) is 4.72 Å². The van der Waals surface area contributed by atoms with Crippen LogP contribution < -0.4 is 9.46 Å². The Morgan fingerprint density at radius 3 is 2.44 bits per heavy atom. The molecule has 0 aliphatic heterocycles. The molecule has 0 spiro atoms. The third kappa shape index (κ3) is 4.76. The van der Waals surface area contributed by atoms with Crippen molar-refractivity contribution in [3.8, 4) is 17.6 Å². The van der Waals surface area contributed by atoms with E-state index < -0.39 is 10.0 Å². The fourth-order valence-electron chi connectivity index (χ4n) is 2.29. The molecule has 136 valence electrons. The van der Waals surface area contributed by atoms with Gasteiger partial charge >= 0.3 is 0 Å². The Bertz CT molecular complexity index is 1110. The summed E-state index contributed by atoms with van der Waals surface area (Å²) in [7, 11) is -4.05. The number of nitrogens with zero attached hydrogens (tertiary/aromatic N) is 1. The largest absolute Gasteiger partial charge is 0.455 e. The fraction of sp³-hybridized carbons (Fsp3) is 0.0500. The lowest BCUT2D eigenvalue weighted by Crippen LogP contribution is -2.14. The number of rotatable bonds is 6. The summed E-state index contributed by atoms with van der Waals surface area (Å²) in [4.78, 5) is 1.37. The number of anilines is 1. The summed E-state index contributed by atoms with van der Waals surface area (Å²) in [6.07, 6.45) is 1.36. The first-order valence-corrected chi connectivity index (χ1v) is 10.3. The number of hydrogen-bond donors (Lipinski definition) is 1. The molecule has 0 aliphatic rings. The minimum Gasteiger partial charge on any atom is -0.455 e. The molecule has 0 fully saturated rings. The van der Waals surface area contributed by atoms with Crippen LogP contribution in [-0.4, -0.2) is 8.42 Å². The summed E-state index contributed by atoms with van der Waals surface area (Å²) in [5.41, 5.74) is 0.255. The predicted molar refractivity (Wildman–Crippen MR) is 108 cm³/mol. The van der Waals surface area contributed by atoms with Crippen LogP contribution in [0.5, 0.6) is 11.5 Å². The smallest absolute Gasteiger partial charge is 0.272 e. The molecule has 7 heteroatoms. The maximum absolute atomic E-state index is 12.7. The van der Waals surface area contributed by atoms with Gasteiger partial charge in [0.05, 0.1) is 5.69 Å². The minimum atomic E-state index is -4.05. The second-order valence-corrected chi connectivity index (χ2v) is 8.56. The SMILES string of the molecule is Cc1ccc(C=C(C#N)S(=O)(=O)Nc2ccccc2Oc2ccccc2)s1. The molecule has 0 unspecified atom stereocenters. The van der Waals surface area contributed by atoms with Gasteiger partial charge in [-0.2, -0.15) is 5.26 Å². The van der Waals surface area contributed by atoms with Gasteiger partial charge in [0.2, 0.25) is 0 Å². The lowest BCUT2D eigenvalue weighted by Gasteiger charge is -2.13. The zero-order valence-corrected chi connectivity index (χ0v) is 16.0. The predicted octanol–water partition coefficient (Wildman–Crippen LogP) is 5.16. The molecule has 3 rings (SSSR count). The number of sulfonamides is 1. The van der Waals surface area contributed by atoms with Gasteiger partial charge in [0.15, 0.2) is 10.7 Å². The lowest BCUT2D eigenvalue weighted by molar-refractivity contribution is 0.485. The molecule has 5 nitrogen and oxygen atoms in total. The molecule has 3 aromatic rings. The second kappa shape index (κ2) is 8.08. The molecule has 1 heterocycles. The first kappa shape index (κ1) is 18.7. The highest BCUT2D eigenvalue weighted by atomic mass is 32.2. The van der Waals surface area contributed by atoms with Crippen molar-refractivity contribution in [1.29, 1.82) is 5.26 Å². The lowest BCUT2D eigenvalue weighted by atomic mass is 10.3. The van der Waals surface area contributed by atoms with Gasteiger partial charge in [0.25, 0.3) is 10.0 Å². The van der Waals surface area contributed by atoms with Crippen molar-refractivity contribution in [2.24, 2.45) is 0 Å². The summed E-state index contributed by atoms with van der Waals surface area (Å²) in [6, 6.07) is 21.1. The van der Waals surface area contributed by atoms with Gasteiger partial charge < -0.3 is 4.74 Å². The van der Waals surface area contributed by atoms with Crippen LogP contribution >= 0.6 is 11.3 Å². The zero-order valence-electron chi connectivity index (χ0n) is 14.4. The Hall–Kier alpha value is -3.08. The number of ether oxygens (including phenoxy) is 1. The Kier molecular flexibility index (Phi) is 5.60. The summed E-state index contributed by atoms with van der Waals surface area (Å²) >= 11 is 1.41. The van der Waals surface area contributed by atoms with Crippen LogP contribution in [0.2, 0.25) is 0 Å². The Labute approximate surface area is 162 Å². The van der Waals surface area contributed by atoms with Crippen molar-refractivity contribution in [2.75, 3.05) is 4.72 Å². The average Bonchev–Trinajstić information content (AvgIpc) is 3.07. The molecule has 1 aromatic heterocycles. The van der Waals surface area contributed by atoms with Crippen molar-refractivity contribution in [3.05, 3.63) is 81.4 Å². The van der Waals surface area contributed by atoms with Crippen molar-refractivity contribution in [3.63, 3.8) is 0 Å². The number of aryl methyl sites for hydroxylation is 1. The van der Waals surface area contributed by atoms with Crippen molar-refractivity contribution in [2.45, 2.75) is 6.92 Å². The maximum atomic E-state index is 12.7. The van der Waals surface area contributed by atoms with Crippen LogP contribution in [0, 0.1) is 18.3 Å². The summed E-state index contributed by atoms with van der Waals surface area (Å²) in [5.74, 6) is 0.922. The normalized spacial score (nSPS) is 11.6. The number of nitriles is 1. The van der Waals surface area contributed by atoms with Gasteiger partial charge in [0, 0.05) is 9.75 Å². The topological polar surface area (TPSA) is 79.2 Å². The highest BCUT2D eigenvalue weighted by Gasteiger charge is 2.20. The van der Waals surface area contributed by atoms with E-state index in [2.05, 4.69) is 4.72 Å². The third-order valence-electron chi connectivity index (χ3n) is 3.54. The standard InChI is InChI=1S/C20H16N2O3S2/c1-15-11-12-17(26-15)13-18(14-21)27(23,24)22-19-9-5-6-10-20(19)25-16-7-3-2-4-8-16/h2-13,22H,1H3. The van der Waals surface area contributed by atoms with Crippen LogP contribution in [0.1, 0.15) is 9.75 Å². The molecule has 1 N–H and O–H groups in total. The van der Waals surface area contributed by atoms with Gasteiger partial charge in [-0.05, 0) is 49.4 Å². The highest BCUT2D eigenvalue weighted by molar-refractivity contribution is 7.97. The zero-order chi connectivity index (χ0) is 19.3. The number of thiophene rings is 1. The van der Waals surface area contributed by atoms with E-state index in [9.17, 15) is 13.7 Å². The van der Waals surface area contributed by atoms with E-state index in [1.165, 1.54) is 17.4 Å². The van der Waals surface area contributed by atoms with Crippen molar-refractivity contribution < 1.29 is 13.2 Å². The summed E-state index contributed by atoms with van der Waals surface area (Å²) in [6.45, 7) is 1.91. The second-order valence-electron chi connectivity index (χ2n) is 5.59. The fourth-order valence-corrected chi connectivity index (χ4v) is 4.15. The molecule has 0 atom stereocenters. The van der Waals surface area contributed by atoms with E-state index in [4.69, 9.17) is 4.74 Å². The molecule has 0 bridgehead atoms. The molecule has 0 radical (unpaired) electrons. The maximum Gasteiger partial charge on any atom is 0.272 e. The van der Waals surface area contributed by atoms with E-state index in [0.717, 1.165) is 4.88 Å².